The van der Waals surface area contributed by atoms with Gasteiger partial charge in [0, 0.05) is 11.8 Å². The molecule has 2 rings (SSSR count). The van der Waals surface area contributed by atoms with E-state index < -0.39 is 0 Å². The first kappa shape index (κ1) is 13.5. The topological polar surface area (TPSA) is 35.0 Å². The van der Waals surface area contributed by atoms with Crippen LogP contribution in [0.1, 0.15) is 24.7 Å². The highest BCUT2D eigenvalue weighted by molar-refractivity contribution is 5.69. The van der Waals surface area contributed by atoms with Crippen LogP contribution < -0.4 is 4.74 Å². The number of rotatable bonds is 4. The molecule has 100 valence electrons. The summed E-state index contributed by atoms with van der Waals surface area (Å²) >= 11 is 0. The standard InChI is InChI=1S/C15H17FN2O/c1-4-5-11-9-17-10(2)18-15(11)13-8-12(16)6-7-14(13)19-3/h6-9H,4-5H2,1-3H3. The molecule has 3 nitrogen and oxygen atoms in total. The molecular formula is C15H17FN2O. The molecule has 0 N–H and O–H groups in total. The quantitative estimate of drug-likeness (QED) is 0.843. The molecule has 0 amide bonds. The zero-order valence-corrected chi connectivity index (χ0v) is 11.4. The second kappa shape index (κ2) is 5.78. The number of nitrogens with zero attached hydrogens (tertiary/aromatic N) is 2. The fourth-order valence-corrected chi connectivity index (χ4v) is 2.05. The van der Waals surface area contributed by atoms with Gasteiger partial charge in [0.05, 0.1) is 12.8 Å². The van der Waals surface area contributed by atoms with Crippen molar-refractivity contribution in [2.24, 2.45) is 0 Å². The van der Waals surface area contributed by atoms with E-state index in [1.807, 2.05) is 13.1 Å². The van der Waals surface area contributed by atoms with E-state index in [-0.39, 0.29) is 5.82 Å². The Morgan fingerprint density at radius 2 is 2.11 bits per heavy atom. The molecule has 0 saturated heterocycles. The lowest BCUT2D eigenvalue weighted by atomic mass is 10.0. The first-order valence-electron chi connectivity index (χ1n) is 6.32. The highest BCUT2D eigenvalue weighted by Crippen LogP contribution is 2.31. The number of methoxy groups -OCH3 is 1. The lowest BCUT2D eigenvalue weighted by Gasteiger charge is -2.12. The predicted molar refractivity (Wildman–Crippen MR) is 72.7 cm³/mol. The van der Waals surface area contributed by atoms with Crippen molar-refractivity contribution in [2.45, 2.75) is 26.7 Å². The summed E-state index contributed by atoms with van der Waals surface area (Å²) in [5.41, 5.74) is 2.44. The number of hydrogen-bond donors (Lipinski definition) is 0. The largest absolute Gasteiger partial charge is 0.496 e. The molecular weight excluding hydrogens is 243 g/mol. The molecule has 2 aromatic rings. The second-order valence-electron chi connectivity index (χ2n) is 4.39. The van der Waals surface area contributed by atoms with Crippen molar-refractivity contribution < 1.29 is 9.13 Å². The first-order chi connectivity index (χ1) is 9.15. The van der Waals surface area contributed by atoms with Crippen molar-refractivity contribution in [2.75, 3.05) is 7.11 Å². The molecule has 1 aromatic heterocycles. The maximum Gasteiger partial charge on any atom is 0.128 e. The SMILES string of the molecule is CCCc1cnc(C)nc1-c1cc(F)ccc1OC. The minimum absolute atomic E-state index is 0.297. The third-order valence-corrected chi connectivity index (χ3v) is 2.92. The van der Waals surface area contributed by atoms with E-state index in [2.05, 4.69) is 16.9 Å². The van der Waals surface area contributed by atoms with Gasteiger partial charge in [0.25, 0.3) is 0 Å². The number of halogens is 1. The van der Waals surface area contributed by atoms with Crippen LogP contribution in [-0.4, -0.2) is 17.1 Å². The summed E-state index contributed by atoms with van der Waals surface area (Å²) in [6.07, 6.45) is 3.65. The van der Waals surface area contributed by atoms with Gasteiger partial charge < -0.3 is 4.74 Å². The van der Waals surface area contributed by atoms with Gasteiger partial charge in [-0.1, -0.05) is 13.3 Å². The molecule has 0 aliphatic heterocycles. The number of aryl methyl sites for hydroxylation is 2. The van der Waals surface area contributed by atoms with Crippen LogP contribution in [0.25, 0.3) is 11.3 Å². The Morgan fingerprint density at radius 1 is 1.32 bits per heavy atom. The molecule has 0 radical (unpaired) electrons. The van der Waals surface area contributed by atoms with Crippen molar-refractivity contribution in [3.63, 3.8) is 0 Å². The molecule has 0 aliphatic carbocycles. The summed E-state index contributed by atoms with van der Waals surface area (Å²) in [7, 11) is 1.57. The normalized spacial score (nSPS) is 10.5. The Bertz CT molecular complexity index is 584. The van der Waals surface area contributed by atoms with Crippen LogP contribution in [-0.2, 0) is 6.42 Å². The molecule has 0 bridgehead atoms. The Morgan fingerprint density at radius 3 is 2.79 bits per heavy atom. The summed E-state index contributed by atoms with van der Waals surface area (Å²) < 4.78 is 18.8. The zero-order valence-electron chi connectivity index (χ0n) is 11.4. The van der Waals surface area contributed by atoms with Gasteiger partial charge in [0.2, 0.25) is 0 Å². The number of hydrogen-bond acceptors (Lipinski definition) is 3. The summed E-state index contributed by atoms with van der Waals surface area (Å²) in [5.74, 6) is 0.993. The molecule has 19 heavy (non-hydrogen) atoms. The summed E-state index contributed by atoms with van der Waals surface area (Å²) in [5, 5.41) is 0. The van der Waals surface area contributed by atoms with Crippen LogP contribution in [0.2, 0.25) is 0 Å². The molecule has 0 fully saturated rings. The average molecular weight is 260 g/mol. The number of ether oxygens (including phenoxy) is 1. The third kappa shape index (κ3) is 2.89. The highest BCUT2D eigenvalue weighted by Gasteiger charge is 2.13. The van der Waals surface area contributed by atoms with Crippen molar-refractivity contribution in [1.82, 2.24) is 9.97 Å². The number of aromatic nitrogens is 2. The fraction of sp³-hybridized carbons (Fsp3) is 0.333. The molecule has 1 aromatic carbocycles. The second-order valence-corrected chi connectivity index (χ2v) is 4.39. The van der Waals surface area contributed by atoms with Crippen molar-refractivity contribution in [3.05, 3.63) is 41.6 Å². The zero-order chi connectivity index (χ0) is 13.8. The highest BCUT2D eigenvalue weighted by atomic mass is 19.1. The van der Waals surface area contributed by atoms with E-state index in [0.717, 1.165) is 24.1 Å². The minimum atomic E-state index is -0.297. The van der Waals surface area contributed by atoms with Gasteiger partial charge in [0.15, 0.2) is 0 Å². The van der Waals surface area contributed by atoms with Crippen molar-refractivity contribution in [3.8, 4) is 17.0 Å². The van der Waals surface area contributed by atoms with E-state index in [1.54, 1.807) is 13.2 Å². The fourth-order valence-electron chi connectivity index (χ4n) is 2.05. The van der Waals surface area contributed by atoms with Gasteiger partial charge in [0.1, 0.15) is 17.4 Å². The van der Waals surface area contributed by atoms with Gasteiger partial charge in [-0.3, -0.25) is 0 Å². The van der Waals surface area contributed by atoms with Crippen LogP contribution >= 0.6 is 0 Å². The summed E-state index contributed by atoms with van der Waals surface area (Å²) in [6, 6.07) is 4.47. The van der Waals surface area contributed by atoms with Crippen LogP contribution in [0.4, 0.5) is 4.39 Å². The van der Waals surface area contributed by atoms with Gasteiger partial charge in [-0.05, 0) is 37.1 Å². The van der Waals surface area contributed by atoms with E-state index in [0.29, 0.717) is 17.1 Å². The molecule has 0 saturated carbocycles. The van der Waals surface area contributed by atoms with Gasteiger partial charge in [-0.25, -0.2) is 14.4 Å². The average Bonchev–Trinajstić information content (AvgIpc) is 2.41. The Kier molecular flexibility index (Phi) is 4.10. The third-order valence-electron chi connectivity index (χ3n) is 2.92. The molecule has 4 heteroatoms. The van der Waals surface area contributed by atoms with Crippen LogP contribution in [0.3, 0.4) is 0 Å². The van der Waals surface area contributed by atoms with Crippen LogP contribution in [0.15, 0.2) is 24.4 Å². The smallest absolute Gasteiger partial charge is 0.128 e. The lowest BCUT2D eigenvalue weighted by Crippen LogP contribution is -2.00. The molecule has 0 aliphatic rings. The monoisotopic (exact) mass is 260 g/mol. The molecule has 1 heterocycles. The van der Waals surface area contributed by atoms with Gasteiger partial charge in [-0.2, -0.15) is 0 Å². The van der Waals surface area contributed by atoms with Crippen molar-refractivity contribution >= 4 is 0 Å². The summed E-state index contributed by atoms with van der Waals surface area (Å²) in [6.45, 7) is 3.91. The van der Waals surface area contributed by atoms with Crippen molar-refractivity contribution in [1.29, 1.82) is 0 Å². The first-order valence-corrected chi connectivity index (χ1v) is 6.32. The molecule has 0 atom stereocenters. The van der Waals surface area contributed by atoms with Gasteiger partial charge in [-0.15, -0.1) is 0 Å². The number of benzene rings is 1. The van der Waals surface area contributed by atoms with E-state index in [9.17, 15) is 4.39 Å². The Labute approximate surface area is 112 Å². The Balaban J connectivity index is 2.62. The minimum Gasteiger partial charge on any atom is -0.496 e. The predicted octanol–water partition coefficient (Wildman–Crippen LogP) is 3.55. The maximum atomic E-state index is 13.5. The lowest BCUT2D eigenvalue weighted by molar-refractivity contribution is 0.415. The molecule has 0 unspecified atom stereocenters. The van der Waals surface area contributed by atoms with Crippen LogP contribution in [0.5, 0.6) is 5.75 Å². The van der Waals surface area contributed by atoms with Gasteiger partial charge >= 0.3 is 0 Å². The summed E-state index contributed by atoms with van der Waals surface area (Å²) in [4.78, 5) is 8.67. The Hall–Kier alpha value is -1.97. The van der Waals surface area contributed by atoms with Crippen LogP contribution in [0, 0.1) is 12.7 Å². The van der Waals surface area contributed by atoms with E-state index in [4.69, 9.17) is 4.74 Å². The maximum absolute atomic E-state index is 13.5. The van der Waals surface area contributed by atoms with E-state index >= 15 is 0 Å². The van der Waals surface area contributed by atoms with E-state index in [1.165, 1.54) is 12.1 Å². The molecule has 0 spiro atoms.